The summed E-state index contributed by atoms with van der Waals surface area (Å²) in [6, 6.07) is 14.6. The number of halogens is 1. The van der Waals surface area contributed by atoms with E-state index in [1.165, 1.54) is 11.3 Å². The van der Waals surface area contributed by atoms with Crippen LogP contribution in [0.1, 0.15) is 16.6 Å². The number of aromatic nitrogens is 1. The second-order valence-electron chi connectivity index (χ2n) is 8.55. The molecule has 9 nitrogen and oxygen atoms in total. The van der Waals surface area contributed by atoms with Crippen LogP contribution < -0.4 is 31.7 Å². The maximum atomic E-state index is 12.5. The molecule has 2 aliphatic rings. The number of likely N-dealkylation sites (N-methyl/N-ethyl adjacent to an activating group) is 1. The van der Waals surface area contributed by atoms with Crippen LogP contribution in [0.2, 0.25) is 4.34 Å². The van der Waals surface area contributed by atoms with Gasteiger partial charge < -0.3 is 20.5 Å². The summed E-state index contributed by atoms with van der Waals surface area (Å²) < 4.78 is 2.23. The maximum absolute atomic E-state index is 12.5. The minimum Gasteiger partial charge on any atom is -0.367 e. The number of anilines is 2. The van der Waals surface area contributed by atoms with Gasteiger partial charge in [0.05, 0.1) is 38.5 Å². The third-order valence-electron chi connectivity index (χ3n) is 6.34. The number of hydrazine groups is 2. The highest BCUT2D eigenvalue weighted by Gasteiger charge is 2.23. The first kappa shape index (κ1) is 24.4. The molecule has 0 unspecified atom stereocenters. The number of amides is 1. The van der Waals surface area contributed by atoms with Crippen molar-refractivity contribution in [1.29, 1.82) is 0 Å². The zero-order valence-corrected chi connectivity index (χ0v) is 21.5. The van der Waals surface area contributed by atoms with Crippen molar-refractivity contribution < 1.29 is 4.79 Å². The summed E-state index contributed by atoms with van der Waals surface area (Å²) in [4.78, 5) is 30.2. The number of nitrogens with one attached hydrogen (secondary N) is 3. The number of hydrogen-bond donors (Lipinski definition) is 3. The fraction of sp³-hybridized carbons (Fsp3) is 0.280. The molecule has 3 aromatic rings. The van der Waals surface area contributed by atoms with Crippen LogP contribution in [-0.2, 0) is 0 Å². The molecule has 4 heterocycles. The predicted molar refractivity (Wildman–Crippen MR) is 145 cm³/mol. The molecule has 0 aliphatic carbocycles. The second-order valence-corrected chi connectivity index (χ2v) is 10.3. The van der Waals surface area contributed by atoms with Gasteiger partial charge in [-0.3, -0.25) is 19.2 Å². The second kappa shape index (κ2) is 10.8. The summed E-state index contributed by atoms with van der Waals surface area (Å²) in [5, 5.41) is 4.82. The largest absolute Gasteiger partial charge is 0.367 e. The molecule has 1 aromatic carbocycles. The molecule has 3 N–H and O–H groups in total. The molecule has 5 rings (SSSR count). The molecule has 188 valence electrons. The van der Waals surface area contributed by atoms with E-state index in [0.717, 1.165) is 55.5 Å². The van der Waals surface area contributed by atoms with E-state index in [1.807, 2.05) is 29.4 Å². The fourth-order valence-electron chi connectivity index (χ4n) is 4.34. The Morgan fingerprint density at radius 2 is 1.92 bits per heavy atom. The van der Waals surface area contributed by atoms with Crippen molar-refractivity contribution in [2.24, 2.45) is 0 Å². The number of piperazine rings is 1. The molecular weight excluding hydrogens is 498 g/mol. The number of carbonyl (C=O) groups is 1. The van der Waals surface area contributed by atoms with Gasteiger partial charge in [-0.1, -0.05) is 24.6 Å². The van der Waals surface area contributed by atoms with Gasteiger partial charge in [-0.2, -0.15) is 0 Å². The van der Waals surface area contributed by atoms with Crippen molar-refractivity contribution in [3.63, 3.8) is 0 Å². The van der Waals surface area contributed by atoms with E-state index < -0.39 is 0 Å². The van der Waals surface area contributed by atoms with Crippen molar-refractivity contribution in [3.8, 4) is 5.69 Å². The number of benzene rings is 1. The first-order chi connectivity index (χ1) is 17.5. The third kappa shape index (κ3) is 5.26. The first-order valence-corrected chi connectivity index (χ1v) is 13.1. The normalized spacial score (nSPS) is 16.1. The lowest BCUT2D eigenvalue weighted by molar-refractivity contribution is 0.0960. The maximum Gasteiger partial charge on any atom is 0.261 e. The molecule has 2 aromatic heterocycles. The molecule has 36 heavy (non-hydrogen) atoms. The lowest BCUT2D eigenvalue weighted by atomic mass is 10.1. The van der Waals surface area contributed by atoms with Gasteiger partial charge in [0, 0.05) is 44.6 Å². The molecule has 0 atom stereocenters. The van der Waals surface area contributed by atoms with Gasteiger partial charge in [-0.25, -0.2) is 0 Å². The summed E-state index contributed by atoms with van der Waals surface area (Å²) in [6.45, 7) is 7.30. The van der Waals surface area contributed by atoms with Gasteiger partial charge in [0.15, 0.2) is 0 Å². The Bertz CT molecular complexity index is 1330. The van der Waals surface area contributed by atoms with Crippen LogP contribution in [-0.4, -0.2) is 54.6 Å². The number of thiophene rings is 1. The van der Waals surface area contributed by atoms with Gasteiger partial charge in [-0.15, -0.1) is 16.9 Å². The summed E-state index contributed by atoms with van der Waals surface area (Å²) in [5.74, 6) is -0.166. The summed E-state index contributed by atoms with van der Waals surface area (Å²) in [5.41, 5.74) is 9.85. The van der Waals surface area contributed by atoms with Crippen LogP contribution in [0.3, 0.4) is 0 Å². The summed E-state index contributed by atoms with van der Waals surface area (Å²) >= 11 is 7.20. The summed E-state index contributed by atoms with van der Waals surface area (Å²) in [6.07, 6.45) is 3.71. The Labute approximate surface area is 218 Å². The lowest BCUT2D eigenvalue weighted by Crippen LogP contribution is -2.47. The van der Waals surface area contributed by atoms with Gasteiger partial charge >= 0.3 is 0 Å². The van der Waals surface area contributed by atoms with Crippen molar-refractivity contribution in [2.45, 2.75) is 6.92 Å². The van der Waals surface area contributed by atoms with Crippen LogP contribution in [0.25, 0.3) is 5.69 Å². The third-order valence-corrected chi connectivity index (χ3v) is 7.57. The standard InChI is InChI=1S/C25H28ClN7O2S/c1-2-30-11-13-31(14-12-30)21-15-19(32-10-4-3-5-24(32)34)6-7-20(21)33-17-18(28-29-33)16-27-25(35)22-8-9-23(26)36-22/h3-10,15,17,28-29H,2,11-14,16H2,1H3,(H,27,35). The first-order valence-electron chi connectivity index (χ1n) is 11.9. The van der Waals surface area contributed by atoms with E-state index in [2.05, 4.69) is 39.1 Å². The van der Waals surface area contributed by atoms with Gasteiger partial charge in [0.2, 0.25) is 0 Å². The van der Waals surface area contributed by atoms with Crippen LogP contribution in [0.5, 0.6) is 0 Å². The average Bonchev–Trinajstić information content (AvgIpc) is 3.56. The Hall–Kier alpha value is -3.31. The molecule has 0 bridgehead atoms. The van der Waals surface area contributed by atoms with Crippen LogP contribution in [0.15, 0.2) is 71.4 Å². The zero-order valence-electron chi connectivity index (χ0n) is 19.9. The Morgan fingerprint density at radius 1 is 1.08 bits per heavy atom. The number of rotatable bonds is 7. The highest BCUT2D eigenvalue weighted by molar-refractivity contribution is 7.18. The number of carbonyl (C=O) groups excluding carboxylic acids is 1. The predicted octanol–water partition coefficient (Wildman–Crippen LogP) is 2.79. The molecule has 0 saturated carbocycles. The highest BCUT2D eigenvalue weighted by atomic mass is 35.5. The number of nitrogens with zero attached hydrogens (tertiary/aromatic N) is 4. The molecule has 1 amide bonds. The minimum atomic E-state index is -0.166. The van der Waals surface area contributed by atoms with E-state index >= 15 is 0 Å². The molecular formula is C25H28ClN7O2S. The minimum absolute atomic E-state index is 0.0714. The number of hydrogen-bond acceptors (Lipinski definition) is 8. The van der Waals surface area contributed by atoms with E-state index in [0.29, 0.717) is 15.8 Å². The van der Waals surface area contributed by atoms with Crippen molar-refractivity contribution in [2.75, 3.05) is 49.2 Å². The van der Waals surface area contributed by atoms with Gasteiger partial charge in [0.25, 0.3) is 11.5 Å². The van der Waals surface area contributed by atoms with Crippen molar-refractivity contribution in [3.05, 3.63) is 86.2 Å². The van der Waals surface area contributed by atoms with Gasteiger partial charge in [0.1, 0.15) is 0 Å². The smallest absolute Gasteiger partial charge is 0.261 e. The summed E-state index contributed by atoms with van der Waals surface area (Å²) in [7, 11) is 0. The molecule has 0 radical (unpaired) electrons. The van der Waals surface area contributed by atoms with E-state index in [9.17, 15) is 9.59 Å². The monoisotopic (exact) mass is 525 g/mol. The van der Waals surface area contributed by atoms with Crippen LogP contribution in [0.4, 0.5) is 11.4 Å². The van der Waals surface area contributed by atoms with Gasteiger partial charge in [-0.05, 0) is 42.9 Å². The fourth-order valence-corrected chi connectivity index (χ4v) is 5.29. The van der Waals surface area contributed by atoms with Crippen LogP contribution in [0, 0.1) is 0 Å². The topological polar surface area (TPSA) is 84.9 Å². The Balaban J connectivity index is 1.38. The Morgan fingerprint density at radius 3 is 2.64 bits per heavy atom. The van der Waals surface area contributed by atoms with Crippen LogP contribution >= 0.6 is 22.9 Å². The molecule has 1 fully saturated rings. The lowest BCUT2D eigenvalue weighted by Gasteiger charge is -2.37. The van der Waals surface area contributed by atoms with E-state index in [1.54, 1.807) is 35.0 Å². The quantitative estimate of drug-likeness (QED) is 0.437. The molecule has 1 saturated heterocycles. The highest BCUT2D eigenvalue weighted by Crippen LogP contribution is 2.33. The SMILES string of the molecule is CCN1CCN(c2cc(-n3ccccc3=O)ccc2N2C=C(CNC(=O)c3ccc(Cl)s3)NN2)CC1. The van der Waals surface area contributed by atoms with Crippen molar-refractivity contribution in [1.82, 2.24) is 25.7 Å². The van der Waals surface area contributed by atoms with E-state index in [4.69, 9.17) is 11.6 Å². The van der Waals surface area contributed by atoms with E-state index in [-0.39, 0.29) is 11.5 Å². The molecule has 2 aliphatic heterocycles. The zero-order chi connectivity index (χ0) is 25.1. The molecule has 0 spiro atoms. The van der Waals surface area contributed by atoms with Crippen molar-refractivity contribution >= 4 is 40.2 Å². The Kier molecular flexibility index (Phi) is 7.28. The molecule has 11 heteroatoms. The number of pyridine rings is 1. The average molecular weight is 526 g/mol.